The van der Waals surface area contributed by atoms with Gasteiger partial charge in [0.05, 0.1) is 18.2 Å². The number of amides is 1. The van der Waals surface area contributed by atoms with Gasteiger partial charge in [0, 0.05) is 12.5 Å². The minimum atomic E-state index is -0.170. The molecule has 0 saturated heterocycles. The van der Waals surface area contributed by atoms with Crippen LogP contribution in [0.25, 0.3) is 10.9 Å². The Labute approximate surface area is 106 Å². The van der Waals surface area contributed by atoms with Crippen molar-refractivity contribution in [1.29, 1.82) is 0 Å². The summed E-state index contributed by atoms with van der Waals surface area (Å²) < 4.78 is 5.06. The van der Waals surface area contributed by atoms with Crippen molar-refractivity contribution in [2.45, 2.75) is 19.4 Å². The summed E-state index contributed by atoms with van der Waals surface area (Å²) in [5.74, 6) is -0.170. The molecule has 1 aromatic heterocycles. The number of rotatable bonds is 5. The third kappa shape index (κ3) is 2.51. The van der Waals surface area contributed by atoms with Crippen molar-refractivity contribution >= 4 is 16.8 Å². The lowest BCUT2D eigenvalue weighted by Crippen LogP contribution is -2.37. The molecule has 0 aliphatic heterocycles. The van der Waals surface area contributed by atoms with Crippen molar-refractivity contribution in [2.24, 2.45) is 0 Å². The molecule has 1 aromatic carbocycles. The molecule has 0 spiro atoms. The smallest absolute Gasteiger partial charge is 0.272 e. The maximum Gasteiger partial charge on any atom is 0.272 e. The number of ether oxygens (including phenoxy) is 1. The summed E-state index contributed by atoms with van der Waals surface area (Å²) in [6.45, 7) is 2.51. The number of aromatic nitrogens is 2. The molecule has 1 amide bonds. The number of benzene rings is 1. The largest absolute Gasteiger partial charge is 0.383 e. The Morgan fingerprint density at radius 1 is 1.50 bits per heavy atom. The minimum Gasteiger partial charge on any atom is -0.383 e. The summed E-state index contributed by atoms with van der Waals surface area (Å²) in [7, 11) is 1.62. The summed E-state index contributed by atoms with van der Waals surface area (Å²) >= 11 is 0. The molecule has 0 fully saturated rings. The highest BCUT2D eigenvalue weighted by atomic mass is 16.5. The van der Waals surface area contributed by atoms with Gasteiger partial charge in [0.1, 0.15) is 0 Å². The number of methoxy groups -OCH3 is 1. The summed E-state index contributed by atoms with van der Waals surface area (Å²) in [5, 5.41) is 10.7. The van der Waals surface area contributed by atoms with E-state index in [4.69, 9.17) is 4.74 Å². The number of nitrogens with one attached hydrogen (secondary N) is 2. The molecule has 0 radical (unpaired) electrons. The Kier molecular flexibility index (Phi) is 3.94. The Morgan fingerprint density at radius 3 is 3.00 bits per heavy atom. The number of nitrogens with zero attached hydrogens (tertiary/aromatic N) is 1. The van der Waals surface area contributed by atoms with Crippen LogP contribution in [0, 0.1) is 0 Å². The maximum atomic E-state index is 12.1. The van der Waals surface area contributed by atoms with Crippen molar-refractivity contribution in [1.82, 2.24) is 15.5 Å². The van der Waals surface area contributed by atoms with Crippen LogP contribution in [0.4, 0.5) is 0 Å². The number of hydrogen-bond donors (Lipinski definition) is 2. The van der Waals surface area contributed by atoms with Crippen LogP contribution in [0.15, 0.2) is 24.3 Å². The first-order valence-corrected chi connectivity index (χ1v) is 5.99. The van der Waals surface area contributed by atoms with E-state index in [1.165, 1.54) is 0 Å². The van der Waals surface area contributed by atoms with Gasteiger partial charge in [-0.05, 0) is 12.5 Å². The van der Waals surface area contributed by atoms with Gasteiger partial charge in [-0.3, -0.25) is 9.89 Å². The van der Waals surface area contributed by atoms with E-state index in [0.29, 0.717) is 12.3 Å². The van der Waals surface area contributed by atoms with Crippen LogP contribution in [0.3, 0.4) is 0 Å². The van der Waals surface area contributed by atoms with E-state index in [9.17, 15) is 4.79 Å². The number of H-pyrrole nitrogens is 1. The summed E-state index contributed by atoms with van der Waals surface area (Å²) in [5.41, 5.74) is 1.29. The van der Waals surface area contributed by atoms with Gasteiger partial charge < -0.3 is 10.1 Å². The number of para-hydroxylation sites is 1. The van der Waals surface area contributed by atoms with Crippen LogP contribution >= 0.6 is 0 Å². The number of carbonyl (C=O) groups is 1. The zero-order valence-electron chi connectivity index (χ0n) is 10.6. The predicted molar refractivity (Wildman–Crippen MR) is 69.5 cm³/mol. The molecule has 96 valence electrons. The SMILES string of the molecule is CCC(COC)NC(=O)c1n[nH]c2ccccc12. The van der Waals surface area contributed by atoms with Gasteiger partial charge in [0.25, 0.3) is 5.91 Å². The first-order chi connectivity index (χ1) is 8.76. The van der Waals surface area contributed by atoms with Gasteiger partial charge in [-0.1, -0.05) is 25.1 Å². The Bertz CT molecular complexity index is 536. The average molecular weight is 247 g/mol. The van der Waals surface area contributed by atoms with Crippen LogP contribution in [0.1, 0.15) is 23.8 Å². The second kappa shape index (κ2) is 5.64. The van der Waals surface area contributed by atoms with E-state index in [-0.39, 0.29) is 11.9 Å². The van der Waals surface area contributed by atoms with Crippen molar-refractivity contribution < 1.29 is 9.53 Å². The van der Waals surface area contributed by atoms with E-state index >= 15 is 0 Å². The second-order valence-electron chi connectivity index (χ2n) is 4.15. The molecule has 0 saturated carbocycles. The van der Waals surface area contributed by atoms with Gasteiger partial charge >= 0.3 is 0 Å². The fourth-order valence-electron chi connectivity index (χ4n) is 1.85. The van der Waals surface area contributed by atoms with Crippen molar-refractivity contribution in [3.8, 4) is 0 Å². The molecule has 2 N–H and O–H groups in total. The highest BCUT2D eigenvalue weighted by Crippen LogP contribution is 2.15. The number of carbonyl (C=O) groups excluding carboxylic acids is 1. The highest BCUT2D eigenvalue weighted by Gasteiger charge is 2.16. The van der Waals surface area contributed by atoms with Crippen LogP contribution in [0.5, 0.6) is 0 Å². The van der Waals surface area contributed by atoms with E-state index in [0.717, 1.165) is 17.3 Å². The number of aromatic amines is 1. The summed E-state index contributed by atoms with van der Waals surface area (Å²) in [6, 6.07) is 7.58. The average Bonchev–Trinajstić information content (AvgIpc) is 2.82. The van der Waals surface area contributed by atoms with E-state index in [1.807, 2.05) is 31.2 Å². The lowest BCUT2D eigenvalue weighted by Gasteiger charge is -2.14. The molecule has 1 heterocycles. The normalized spacial score (nSPS) is 12.6. The first-order valence-electron chi connectivity index (χ1n) is 5.99. The van der Waals surface area contributed by atoms with Gasteiger partial charge in [-0.15, -0.1) is 0 Å². The van der Waals surface area contributed by atoms with Crippen molar-refractivity contribution in [3.05, 3.63) is 30.0 Å². The highest BCUT2D eigenvalue weighted by molar-refractivity contribution is 6.04. The fourth-order valence-corrected chi connectivity index (χ4v) is 1.85. The molecule has 18 heavy (non-hydrogen) atoms. The van der Waals surface area contributed by atoms with Gasteiger partial charge in [-0.25, -0.2) is 0 Å². The first kappa shape index (κ1) is 12.6. The van der Waals surface area contributed by atoms with Crippen LogP contribution < -0.4 is 5.32 Å². The monoisotopic (exact) mass is 247 g/mol. The molecule has 0 aliphatic rings. The third-order valence-corrected chi connectivity index (χ3v) is 2.88. The third-order valence-electron chi connectivity index (χ3n) is 2.88. The maximum absolute atomic E-state index is 12.1. The summed E-state index contributed by atoms with van der Waals surface area (Å²) in [4.78, 5) is 12.1. The molecule has 0 aliphatic carbocycles. The zero-order valence-corrected chi connectivity index (χ0v) is 10.6. The minimum absolute atomic E-state index is 0.0120. The lowest BCUT2D eigenvalue weighted by atomic mass is 10.2. The second-order valence-corrected chi connectivity index (χ2v) is 4.15. The molecule has 0 bridgehead atoms. The molecule has 5 nitrogen and oxygen atoms in total. The van der Waals surface area contributed by atoms with Gasteiger partial charge in [-0.2, -0.15) is 5.10 Å². The van der Waals surface area contributed by atoms with E-state index < -0.39 is 0 Å². The molecular formula is C13H17N3O2. The number of hydrogen-bond acceptors (Lipinski definition) is 3. The van der Waals surface area contributed by atoms with E-state index in [1.54, 1.807) is 7.11 Å². The van der Waals surface area contributed by atoms with Crippen LogP contribution in [-0.2, 0) is 4.74 Å². The van der Waals surface area contributed by atoms with Gasteiger partial charge in [0.2, 0.25) is 0 Å². The summed E-state index contributed by atoms with van der Waals surface area (Å²) in [6.07, 6.45) is 0.821. The van der Waals surface area contributed by atoms with Crippen LogP contribution in [0.2, 0.25) is 0 Å². The predicted octanol–water partition coefficient (Wildman–Crippen LogP) is 1.72. The topological polar surface area (TPSA) is 67.0 Å². The molecule has 1 atom stereocenters. The Morgan fingerprint density at radius 2 is 2.28 bits per heavy atom. The fraction of sp³-hybridized carbons (Fsp3) is 0.385. The number of fused-ring (bicyclic) bond motifs is 1. The van der Waals surface area contributed by atoms with Crippen molar-refractivity contribution in [2.75, 3.05) is 13.7 Å². The molecule has 2 rings (SSSR count). The van der Waals surface area contributed by atoms with Crippen molar-refractivity contribution in [3.63, 3.8) is 0 Å². The molecule has 2 aromatic rings. The zero-order chi connectivity index (χ0) is 13.0. The molecule has 5 heteroatoms. The van der Waals surface area contributed by atoms with Crippen LogP contribution in [-0.4, -0.2) is 35.9 Å². The van der Waals surface area contributed by atoms with Gasteiger partial charge in [0.15, 0.2) is 5.69 Å². The Balaban J connectivity index is 2.18. The quantitative estimate of drug-likeness (QED) is 0.845. The molecule has 1 unspecified atom stereocenters. The van der Waals surface area contributed by atoms with E-state index in [2.05, 4.69) is 15.5 Å². The standard InChI is InChI=1S/C13H17N3O2/c1-3-9(8-18-2)14-13(17)12-10-6-4-5-7-11(10)15-16-12/h4-7,9H,3,8H2,1-2H3,(H,14,17)(H,15,16). The molecular weight excluding hydrogens is 230 g/mol. The lowest BCUT2D eigenvalue weighted by molar-refractivity contribution is 0.0891. The Hall–Kier alpha value is -1.88.